The van der Waals surface area contributed by atoms with Crippen molar-refractivity contribution in [2.75, 3.05) is 13.7 Å². The molecule has 2 aromatic rings. The Balaban J connectivity index is 1.58. The fourth-order valence-corrected chi connectivity index (χ4v) is 7.46. The molecule has 5 rings (SSSR count). The largest absolute Gasteiger partial charge is 0.494 e. The highest BCUT2D eigenvalue weighted by Gasteiger charge is 2.63. The van der Waals surface area contributed by atoms with Crippen LogP contribution in [0.2, 0.25) is 18.1 Å². The standard InChI is InChI=1S/C30H38N2O5Si/c1-9-15-36-29(34)27-24-19(13-14-21-20(24)16-18-11-10-12-22(35-6)25(18)31-21)26-23(28(33)32(26)27)17(2)37-38(7,8)30(3,4)5/h9-12,16-17,19,23,26H,1,13-15H2,2-8H3/t17-,19+,23-,26-/m1/s1. The number of benzene rings is 1. The van der Waals surface area contributed by atoms with E-state index in [1.54, 1.807) is 18.1 Å². The minimum absolute atomic E-state index is 0.0202. The van der Waals surface area contributed by atoms with Crippen molar-refractivity contribution < 1.29 is 23.5 Å². The molecule has 0 bridgehead atoms. The third-order valence-corrected chi connectivity index (χ3v) is 13.4. The minimum atomic E-state index is -2.09. The topological polar surface area (TPSA) is 78.0 Å². The molecule has 1 aromatic heterocycles. The van der Waals surface area contributed by atoms with Gasteiger partial charge in [0.1, 0.15) is 23.6 Å². The summed E-state index contributed by atoms with van der Waals surface area (Å²) < 4.78 is 17.8. The van der Waals surface area contributed by atoms with Gasteiger partial charge in [0.05, 0.1) is 25.2 Å². The van der Waals surface area contributed by atoms with Gasteiger partial charge in [-0.3, -0.25) is 4.79 Å². The molecule has 0 spiro atoms. The maximum absolute atomic E-state index is 13.7. The van der Waals surface area contributed by atoms with Gasteiger partial charge in [-0.15, -0.1) is 0 Å². The van der Waals surface area contributed by atoms with Gasteiger partial charge in [0.15, 0.2) is 8.32 Å². The number of amides is 1. The maximum Gasteiger partial charge on any atom is 0.355 e. The van der Waals surface area contributed by atoms with Gasteiger partial charge in [-0.2, -0.15) is 0 Å². The van der Waals surface area contributed by atoms with Crippen molar-refractivity contribution in [1.82, 2.24) is 9.88 Å². The maximum atomic E-state index is 13.7. The fraction of sp³-hybridized carbons (Fsp3) is 0.500. The Morgan fingerprint density at radius 3 is 2.71 bits per heavy atom. The van der Waals surface area contributed by atoms with Crippen molar-refractivity contribution in [3.63, 3.8) is 0 Å². The normalized spacial score (nSPS) is 23.4. The molecule has 1 fully saturated rings. The van der Waals surface area contributed by atoms with Crippen molar-refractivity contribution in [2.45, 2.75) is 70.8 Å². The van der Waals surface area contributed by atoms with E-state index in [4.69, 9.17) is 18.9 Å². The summed E-state index contributed by atoms with van der Waals surface area (Å²) in [5, 5.41) is 0.964. The van der Waals surface area contributed by atoms with E-state index < -0.39 is 14.3 Å². The van der Waals surface area contributed by atoms with Crippen LogP contribution >= 0.6 is 0 Å². The second kappa shape index (κ2) is 9.34. The van der Waals surface area contributed by atoms with Gasteiger partial charge in [0.25, 0.3) is 0 Å². The minimum Gasteiger partial charge on any atom is -0.494 e. The number of β-lactam (4-membered cyclic amide) rings is 1. The van der Waals surface area contributed by atoms with Gasteiger partial charge in [-0.1, -0.05) is 45.6 Å². The highest BCUT2D eigenvalue weighted by Crippen LogP contribution is 2.55. The first-order chi connectivity index (χ1) is 17.9. The van der Waals surface area contributed by atoms with Crippen LogP contribution in [0.4, 0.5) is 0 Å². The molecule has 7 nitrogen and oxygen atoms in total. The quantitative estimate of drug-likeness (QED) is 0.202. The summed E-state index contributed by atoms with van der Waals surface area (Å²) in [6.07, 6.45) is 2.86. The number of pyridine rings is 1. The van der Waals surface area contributed by atoms with Gasteiger partial charge in [0, 0.05) is 22.6 Å². The number of hydrogen-bond donors (Lipinski definition) is 0. The third-order valence-electron chi connectivity index (χ3n) is 8.88. The zero-order chi connectivity index (χ0) is 27.6. The monoisotopic (exact) mass is 534 g/mol. The summed E-state index contributed by atoms with van der Waals surface area (Å²) in [4.78, 5) is 33.8. The van der Waals surface area contributed by atoms with E-state index in [-0.39, 0.29) is 41.5 Å². The molecule has 1 amide bonds. The molecule has 0 N–H and O–H groups in total. The summed E-state index contributed by atoms with van der Waals surface area (Å²) >= 11 is 0. The Morgan fingerprint density at radius 1 is 1.32 bits per heavy atom. The van der Waals surface area contributed by atoms with Crippen LogP contribution in [0.3, 0.4) is 0 Å². The molecule has 0 radical (unpaired) electrons. The molecule has 1 saturated heterocycles. The van der Waals surface area contributed by atoms with E-state index in [9.17, 15) is 9.59 Å². The smallest absolute Gasteiger partial charge is 0.355 e. The molecule has 202 valence electrons. The molecular formula is C30H38N2O5Si. The van der Waals surface area contributed by atoms with E-state index in [0.717, 1.165) is 40.6 Å². The number of fused-ring (bicyclic) bond motifs is 6. The van der Waals surface area contributed by atoms with Crippen molar-refractivity contribution in [3.05, 3.63) is 53.9 Å². The molecule has 0 unspecified atom stereocenters. The average molecular weight is 535 g/mol. The zero-order valence-corrected chi connectivity index (χ0v) is 24.5. The predicted octanol–water partition coefficient (Wildman–Crippen LogP) is 5.50. The molecule has 8 heteroatoms. The fourth-order valence-electron chi connectivity index (χ4n) is 6.03. The van der Waals surface area contributed by atoms with Gasteiger partial charge in [0.2, 0.25) is 5.91 Å². The van der Waals surface area contributed by atoms with Crippen LogP contribution in [0, 0.1) is 11.8 Å². The molecule has 1 aromatic carbocycles. The highest BCUT2D eigenvalue weighted by atomic mass is 28.4. The number of carbonyl (C=O) groups excluding carboxylic acids is 2. The van der Waals surface area contributed by atoms with Crippen LogP contribution in [0.1, 0.15) is 45.4 Å². The van der Waals surface area contributed by atoms with Crippen molar-refractivity contribution >= 4 is 36.7 Å². The van der Waals surface area contributed by atoms with Gasteiger partial charge >= 0.3 is 5.97 Å². The molecule has 3 heterocycles. The number of para-hydroxylation sites is 1. The van der Waals surface area contributed by atoms with E-state index in [1.807, 2.05) is 25.1 Å². The first kappa shape index (κ1) is 26.6. The highest BCUT2D eigenvalue weighted by molar-refractivity contribution is 6.74. The number of esters is 1. The van der Waals surface area contributed by atoms with Crippen molar-refractivity contribution in [1.29, 1.82) is 0 Å². The average Bonchev–Trinajstić information content (AvgIpc) is 3.15. The summed E-state index contributed by atoms with van der Waals surface area (Å²) in [6.45, 7) is 16.8. The lowest BCUT2D eigenvalue weighted by molar-refractivity contribution is -0.163. The van der Waals surface area contributed by atoms with Crippen LogP contribution in [-0.4, -0.2) is 55.9 Å². The SMILES string of the molecule is C=CCOC(=O)C1=C2c3cc4cccc(OC)c4nc3CC[C@@H]2[C@@H]2[C@@H]([C@@H](C)O[Si](C)(C)C(C)(C)C)C(=O)N12. The van der Waals surface area contributed by atoms with Crippen LogP contribution in [-0.2, 0) is 25.2 Å². The predicted molar refractivity (Wildman–Crippen MR) is 150 cm³/mol. The molecule has 4 atom stereocenters. The zero-order valence-electron chi connectivity index (χ0n) is 23.5. The number of hydrogen-bond acceptors (Lipinski definition) is 6. The summed E-state index contributed by atoms with van der Waals surface area (Å²) in [7, 11) is -0.451. The Labute approximate surface area is 226 Å². The van der Waals surface area contributed by atoms with Crippen molar-refractivity contribution in [2.24, 2.45) is 11.8 Å². The first-order valence-electron chi connectivity index (χ1n) is 13.4. The number of nitrogens with zero attached hydrogens (tertiary/aromatic N) is 2. The van der Waals surface area contributed by atoms with Crippen LogP contribution < -0.4 is 4.74 Å². The number of aromatic nitrogens is 1. The lowest BCUT2D eigenvalue weighted by atomic mass is 9.71. The Morgan fingerprint density at radius 2 is 2.05 bits per heavy atom. The van der Waals surface area contributed by atoms with Crippen molar-refractivity contribution in [3.8, 4) is 5.75 Å². The molecule has 2 aliphatic heterocycles. The molecule has 0 saturated carbocycles. The molecule has 3 aliphatic rings. The van der Waals surface area contributed by atoms with Gasteiger partial charge in [-0.25, -0.2) is 9.78 Å². The van der Waals surface area contributed by atoms with E-state index >= 15 is 0 Å². The second-order valence-electron chi connectivity index (χ2n) is 12.1. The first-order valence-corrected chi connectivity index (χ1v) is 16.3. The Bertz CT molecular complexity index is 1360. The lowest BCUT2D eigenvalue weighted by Crippen LogP contribution is -2.65. The number of rotatable bonds is 7. The lowest BCUT2D eigenvalue weighted by Gasteiger charge is -2.50. The van der Waals surface area contributed by atoms with Crippen LogP contribution in [0.5, 0.6) is 5.75 Å². The van der Waals surface area contributed by atoms with Crippen LogP contribution in [0.25, 0.3) is 16.5 Å². The Kier molecular flexibility index (Phi) is 6.55. The summed E-state index contributed by atoms with van der Waals surface area (Å²) in [5.74, 6) is -0.119. The second-order valence-corrected chi connectivity index (χ2v) is 16.9. The molecular weight excluding hydrogens is 496 g/mol. The van der Waals surface area contributed by atoms with Gasteiger partial charge < -0.3 is 18.8 Å². The number of methoxy groups -OCH3 is 1. The summed E-state index contributed by atoms with van der Waals surface area (Å²) in [6, 6.07) is 7.79. The number of aryl methyl sites for hydroxylation is 1. The van der Waals surface area contributed by atoms with Gasteiger partial charge in [-0.05, 0) is 55.6 Å². The van der Waals surface area contributed by atoms with Crippen LogP contribution in [0.15, 0.2) is 42.6 Å². The third kappa shape index (κ3) is 4.00. The molecule has 1 aliphatic carbocycles. The number of ether oxygens (including phenoxy) is 2. The Hall–Kier alpha value is -2.97. The number of carbonyl (C=O) groups is 2. The van der Waals surface area contributed by atoms with E-state index in [1.165, 1.54) is 0 Å². The summed E-state index contributed by atoms with van der Waals surface area (Å²) in [5.41, 5.74) is 3.87. The molecule has 38 heavy (non-hydrogen) atoms. The van der Waals surface area contributed by atoms with E-state index in [2.05, 4.69) is 46.5 Å². The van der Waals surface area contributed by atoms with E-state index in [0.29, 0.717) is 11.4 Å².